The number of rotatable bonds is 7. The van der Waals surface area contributed by atoms with Gasteiger partial charge in [0.2, 0.25) is 5.95 Å². The molecule has 11 heteroatoms. The molecular formula is C22H23ClN6O4. The number of halogens is 1. The fourth-order valence-corrected chi connectivity index (χ4v) is 3.41. The van der Waals surface area contributed by atoms with Crippen LogP contribution >= 0.6 is 11.6 Å². The molecule has 33 heavy (non-hydrogen) atoms. The Morgan fingerprint density at radius 3 is 2.61 bits per heavy atom. The van der Waals surface area contributed by atoms with E-state index in [4.69, 9.17) is 31.5 Å². The van der Waals surface area contributed by atoms with E-state index in [9.17, 15) is 4.79 Å². The van der Waals surface area contributed by atoms with Gasteiger partial charge in [0.05, 0.1) is 32.2 Å². The molecule has 1 aliphatic rings. The largest absolute Gasteiger partial charge is 0.497 e. The highest BCUT2D eigenvalue weighted by Gasteiger charge is 2.16. The van der Waals surface area contributed by atoms with Gasteiger partial charge in [-0.2, -0.15) is 4.98 Å². The lowest BCUT2D eigenvalue weighted by Crippen LogP contribution is -2.36. The Bertz CT molecular complexity index is 1120. The number of morpholine rings is 1. The summed E-state index contributed by atoms with van der Waals surface area (Å²) < 4.78 is 15.8. The van der Waals surface area contributed by atoms with Gasteiger partial charge < -0.3 is 35.5 Å². The minimum Gasteiger partial charge on any atom is -0.497 e. The first kappa shape index (κ1) is 22.4. The third kappa shape index (κ3) is 5.73. The van der Waals surface area contributed by atoms with E-state index in [0.717, 1.165) is 30.2 Å². The summed E-state index contributed by atoms with van der Waals surface area (Å²) in [4.78, 5) is 22.3. The van der Waals surface area contributed by atoms with E-state index in [0.29, 0.717) is 29.7 Å². The summed E-state index contributed by atoms with van der Waals surface area (Å²) in [6.07, 6.45) is 0.551. The van der Waals surface area contributed by atoms with Gasteiger partial charge in [-0.15, -0.1) is 0 Å². The zero-order chi connectivity index (χ0) is 23.2. The smallest absolute Gasteiger partial charge is 0.410 e. The average Bonchev–Trinajstić information content (AvgIpc) is 2.83. The van der Waals surface area contributed by atoms with Crippen molar-refractivity contribution in [3.05, 3.63) is 53.7 Å². The van der Waals surface area contributed by atoms with Crippen LogP contribution in [0.3, 0.4) is 0 Å². The highest BCUT2D eigenvalue weighted by molar-refractivity contribution is 6.32. The van der Waals surface area contributed by atoms with Crippen LogP contribution in [-0.2, 0) is 4.74 Å². The van der Waals surface area contributed by atoms with Crippen molar-refractivity contribution in [3.8, 4) is 11.5 Å². The van der Waals surface area contributed by atoms with Gasteiger partial charge in [0.15, 0.2) is 11.6 Å². The Morgan fingerprint density at radius 1 is 1.15 bits per heavy atom. The quantitative estimate of drug-likeness (QED) is 0.471. The van der Waals surface area contributed by atoms with Crippen molar-refractivity contribution in [1.29, 1.82) is 0 Å². The fourth-order valence-electron chi connectivity index (χ4n) is 3.27. The van der Waals surface area contributed by atoms with Crippen LogP contribution in [0.15, 0.2) is 48.7 Å². The lowest BCUT2D eigenvalue weighted by molar-refractivity contribution is 0.122. The second-order valence-corrected chi connectivity index (χ2v) is 7.48. The monoisotopic (exact) mass is 470 g/mol. The van der Waals surface area contributed by atoms with Crippen molar-refractivity contribution in [1.82, 2.24) is 9.97 Å². The number of amides is 1. The molecule has 2 aromatic carbocycles. The van der Waals surface area contributed by atoms with Crippen LogP contribution in [0.1, 0.15) is 0 Å². The molecule has 4 rings (SSSR count). The molecule has 1 aliphatic heterocycles. The number of aromatic nitrogens is 2. The molecule has 4 N–H and O–H groups in total. The minimum absolute atomic E-state index is 0.254. The van der Waals surface area contributed by atoms with Crippen molar-refractivity contribution in [2.75, 3.05) is 48.9 Å². The predicted molar refractivity (Wildman–Crippen MR) is 126 cm³/mol. The third-order valence-electron chi connectivity index (χ3n) is 4.90. The standard InChI is InChI=1S/C22H23ClN6O4/c1-31-16-5-2-14(3-6-16)26-20-17(23)13-25-22(28-20)27-18-7-4-15(12-19(18)33-21(24)30)29-8-10-32-11-9-29/h2-7,12-13H,8-11H2,1H3,(H2,24,30)(H2,25,26,27,28). The maximum atomic E-state index is 11.5. The second-order valence-electron chi connectivity index (χ2n) is 7.07. The van der Waals surface area contributed by atoms with E-state index in [1.54, 1.807) is 19.2 Å². The summed E-state index contributed by atoms with van der Waals surface area (Å²) in [6, 6.07) is 12.7. The normalized spacial score (nSPS) is 13.3. The van der Waals surface area contributed by atoms with Crippen molar-refractivity contribution >= 4 is 46.5 Å². The number of nitrogens with one attached hydrogen (secondary N) is 2. The lowest BCUT2D eigenvalue weighted by Gasteiger charge is -2.29. The van der Waals surface area contributed by atoms with Crippen molar-refractivity contribution < 1.29 is 19.0 Å². The number of hydrogen-bond donors (Lipinski definition) is 3. The maximum Gasteiger partial charge on any atom is 0.410 e. The van der Waals surface area contributed by atoms with Crippen LogP contribution in [0, 0.1) is 0 Å². The van der Waals surface area contributed by atoms with Gasteiger partial charge >= 0.3 is 6.09 Å². The molecule has 0 radical (unpaired) electrons. The van der Waals surface area contributed by atoms with Crippen LogP contribution in [0.5, 0.6) is 11.5 Å². The zero-order valence-electron chi connectivity index (χ0n) is 17.9. The van der Waals surface area contributed by atoms with E-state index in [1.807, 2.05) is 30.3 Å². The molecule has 2 heterocycles. The van der Waals surface area contributed by atoms with Crippen LogP contribution in [0.25, 0.3) is 0 Å². The van der Waals surface area contributed by atoms with E-state index >= 15 is 0 Å². The van der Waals surface area contributed by atoms with Gasteiger partial charge in [-0.3, -0.25) is 0 Å². The molecule has 0 spiro atoms. The third-order valence-corrected chi connectivity index (χ3v) is 5.17. The first-order valence-corrected chi connectivity index (χ1v) is 10.5. The van der Waals surface area contributed by atoms with E-state index in [2.05, 4.69) is 25.5 Å². The molecular weight excluding hydrogens is 448 g/mol. The number of ether oxygens (including phenoxy) is 3. The molecule has 172 valence electrons. The summed E-state index contributed by atoms with van der Waals surface area (Å²) in [7, 11) is 1.60. The van der Waals surface area contributed by atoms with E-state index in [1.165, 1.54) is 6.20 Å². The number of nitrogens with zero attached hydrogens (tertiary/aromatic N) is 3. The number of primary amides is 1. The van der Waals surface area contributed by atoms with Crippen LogP contribution < -0.4 is 30.7 Å². The fraction of sp³-hybridized carbons (Fsp3) is 0.227. The Morgan fingerprint density at radius 2 is 1.91 bits per heavy atom. The zero-order valence-corrected chi connectivity index (χ0v) is 18.6. The number of methoxy groups -OCH3 is 1. The number of benzene rings is 2. The van der Waals surface area contributed by atoms with Gasteiger partial charge in [-0.05, 0) is 36.4 Å². The molecule has 1 fully saturated rings. The second kappa shape index (κ2) is 10.2. The van der Waals surface area contributed by atoms with E-state index in [-0.39, 0.29) is 11.7 Å². The van der Waals surface area contributed by atoms with E-state index < -0.39 is 6.09 Å². The molecule has 0 saturated carbocycles. The van der Waals surface area contributed by atoms with Crippen molar-refractivity contribution in [2.24, 2.45) is 5.73 Å². The van der Waals surface area contributed by atoms with Crippen LogP contribution in [0.2, 0.25) is 5.02 Å². The number of nitrogens with two attached hydrogens (primary N) is 1. The molecule has 1 amide bonds. The summed E-state index contributed by atoms with van der Waals surface area (Å²) in [5.74, 6) is 1.65. The minimum atomic E-state index is -0.920. The highest BCUT2D eigenvalue weighted by atomic mass is 35.5. The Kier molecular flexibility index (Phi) is 6.96. The molecule has 1 saturated heterocycles. The molecule has 1 aromatic heterocycles. The van der Waals surface area contributed by atoms with Gasteiger partial charge in [0.25, 0.3) is 0 Å². The van der Waals surface area contributed by atoms with Crippen molar-refractivity contribution in [3.63, 3.8) is 0 Å². The van der Waals surface area contributed by atoms with Gasteiger partial charge in [-0.25, -0.2) is 9.78 Å². The summed E-state index contributed by atoms with van der Waals surface area (Å²) >= 11 is 6.27. The number of carbonyl (C=O) groups is 1. The number of anilines is 5. The lowest BCUT2D eigenvalue weighted by atomic mass is 10.2. The first-order valence-electron chi connectivity index (χ1n) is 10.2. The summed E-state index contributed by atoms with van der Waals surface area (Å²) in [5.41, 5.74) is 7.41. The van der Waals surface area contributed by atoms with Crippen molar-refractivity contribution in [2.45, 2.75) is 0 Å². The number of carbonyl (C=O) groups excluding carboxylic acids is 1. The van der Waals surface area contributed by atoms with Crippen LogP contribution in [-0.4, -0.2) is 49.5 Å². The predicted octanol–water partition coefficient (Wildman–Crippen LogP) is 3.92. The Hall–Kier alpha value is -3.76. The van der Waals surface area contributed by atoms with Gasteiger partial charge in [-0.1, -0.05) is 11.6 Å². The van der Waals surface area contributed by atoms with Crippen LogP contribution in [0.4, 0.5) is 33.6 Å². The average molecular weight is 471 g/mol. The molecule has 0 bridgehead atoms. The molecule has 3 aromatic rings. The summed E-state index contributed by atoms with van der Waals surface area (Å²) in [6.45, 7) is 2.75. The first-order chi connectivity index (χ1) is 16.0. The maximum absolute atomic E-state index is 11.5. The Labute approximate surface area is 195 Å². The Balaban J connectivity index is 1.56. The highest BCUT2D eigenvalue weighted by Crippen LogP contribution is 2.33. The SMILES string of the molecule is COc1ccc(Nc2nc(Nc3ccc(N4CCOCC4)cc3OC(N)=O)ncc2Cl)cc1. The van der Waals surface area contributed by atoms with Gasteiger partial charge in [0.1, 0.15) is 10.8 Å². The molecule has 0 unspecified atom stereocenters. The topological polar surface area (TPSA) is 124 Å². The molecule has 0 aliphatic carbocycles. The summed E-state index contributed by atoms with van der Waals surface area (Å²) in [5, 5.41) is 6.55. The molecule has 0 atom stereocenters. The number of hydrogen-bond acceptors (Lipinski definition) is 9. The van der Waals surface area contributed by atoms with Gasteiger partial charge in [0, 0.05) is 30.5 Å². The molecule has 10 nitrogen and oxygen atoms in total.